The van der Waals surface area contributed by atoms with E-state index in [0.717, 1.165) is 5.56 Å². The molecule has 2 amide bonds. The van der Waals surface area contributed by atoms with Crippen LogP contribution in [0.1, 0.15) is 35.3 Å². The average molecular weight is 336 g/mol. The molecule has 1 fully saturated rings. The van der Waals surface area contributed by atoms with Crippen LogP contribution < -0.4 is 5.32 Å². The minimum atomic E-state index is -0.451. The summed E-state index contributed by atoms with van der Waals surface area (Å²) in [6.07, 6.45) is 0.188. The summed E-state index contributed by atoms with van der Waals surface area (Å²) in [6.45, 7) is 1.50. The number of nitrogens with one attached hydrogen (secondary N) is 1. The zero-order chi connectivity index (χ0) is 18.0. The van der Waals surface area contributed by atoms with Gasteiger partial charge in [0.05, 0.1) is 12.0 Å². The lowest BCUT2D eigenvalue weighted by atomic mass is 9.93. The largest absolute Gasteiger partial charge is 0.338 e. The molecule has 1 heterocycles. The molecule has 0 aromatic heterocycles. The molecule has 0 spiro atoms. The van der Waals surface area contributed by atoms with Crippen LogP contribution in [0.2, 0.25) is 0 Å². The Labute approximate surface area is 146 Å². The van der Waals surface area contributed by atoms with E-state index < -0.39 is 5.92 Å². The maximum Gasteiger partial charge on any atom is 0.230 e. The summed E-state index contributed by atoms with van der Waals surface area (Å²) in [7, 11) is 1.73. The first-order chi connectivity index (χ1) is 12.0. The third-order valence-electron chi connectivity index (χ3n) is 4.62. The van der Waals surface area contributed by atoms with E-state index in [4.69, 9.17) is 0 Å². The zero-order valence-corrected chi connectivity index (χ0v) is 14.2. The smallest absolute Gasteiger partial charge is 0.230 e. The maximum atomic E-state index is 12.8. The quantitative estimate of drug-likeness (QED) is 0.873. The topological polar surface area (TPSA) is 66.5 Å². The molecular formula is C20H20N2O3. The van der Waals surface area contributed by atoms with Crippen LogP contribution in [0, 0.1) is 5.92 Å². The summed E-state index contributed by atoms with van der Waals surface area (Å²) in [4.78, 5) is 37.9. The summed E-state index contributed by atoms with van der Waals surface area (Å²) < 4.78 is 0. The average Bonchev–Trinajstić information content (AvgIpc) is 2.91. The van der Waals surface area contributed by atoms with Crippen LogP contribution in [-0.4, -0.2) is 29.5 Å². The van der Waals surface area contributed by atoms with E-state index in [2.05, 4.69) is 5.32 Å². The fraction of sp³-hybridized carbons (Fsp3) is 0.250. The molecular weight excluding hydrogens is 316 g/mol. The van der Waals surface area contributed by atoms with Crippen molar-refractivity contribution < 1.29 is 14.4 Å². The first-order valence-electron chi connectivity index (χ1n) is 8.20. The predicted molar refractivity (Wildman–Crippen MR) is 95.1 cm³/mol. The molecule has 128 valence electrons. The molecule has 0 aliphatic carbocycles. The first-order valence-corrected chi connectivity index (χ1v) is 8.20. The number of benzene rings is 2. The van der Waals surface area contributed by atoms with Gasteiger partial charge in [-0.1, -0.05) is 30.3 Å². The SMILES string of the molecule is CC(=O)c1ccc(NC(=O)C2CC(=O)N(C)C2c2ccccc2)cc1. The van der Waals surface area contributed by atoms with Gasteiger partial charge in [0.25, 0.3) is 0 Å². The fourth-order valence-corrected chi connectivity index (χ4v) is 3.23. The Hall–Kier alpha value is -2.95. The van der Waals surface area contributed by atoms with E-state index in [9.17, 15) is 14.4 Å². The minimum absolute atomic E-state index is 0.0231. The monoisotopic (exact) mass is 336 g/mol. The van der Waals surface area contributed by atoms with E-state index in [0.29, 0.717) is 11.3 Å². The van der Waals surface area contributed by atoms with Crippen LogP contribution in [0.15, 0.2) is 54.6 Å². The molecule has 5 heteroatoms. The van der Waals surface area contributed by atoms with Crippen molar-refractivity contribution in [3.63, 3.8) is 0 Å². The van der Waals surface area contributed by atoms with E-state index in [1.165, 1.54) is 6.92 Å². The van der Waals surface area contributed by atoms with Crippen LogP contribution in [0.4, 0.5) is 5.69 Å². The minimum Gasteiger partial charge on any atom is -0.338 e. The van der Waals surface area contributed by atoms with Gasteiger partial charge < -0.3 is 10.2 Å². The number of ketones is 1. The van der Waals surface area contributed by atoms with E-state index >= 15 is 0 Å². The van der Waals surface area contributed by atoms with E-state index in [-0.39, 0.29) is 30.1 Å². The second kappa shape index (κ2) is 6.89. The number of likely N-dealkylation sites (tertiary alicyclic amines) is 1. The molecule has 0 bridgehead atoms. The van der Waals surface area contributed by atoms with Gasteiger partial charge in [-0.15, -0.1) is 0 Å². The van der Waals surface area contributed by atoms with Gasteiger partial charge in [-0.3, -0.25) is 14.4 Å². The van der Waals surface area contributed by atoms with Crippen LogP contribution in [0.5, 0.6) is 0 Å². The van der Waals surface area contributed by atoms with Gasteiger partial charge in [0.1, 0.15) is 0 Å². The summed E-state index contributed by atoms with van der Waals surface area (Å²) >= 11 is 0. The number of carbonyl (C=O) groups is 3. The van der Waals surface area contributed by atoms with Crippen LogP contribution >= 0.6 is 0 Å². The van der Waals surface area contributed by atoms with Gasteiger partial charge in [0, 0.05) is 24.7 Å². The van der Waals surface area contributed by atoms with Crippen molar-refractivity contribution in [3.05, 3.63) is 65.7 Å². The highest BCUT2D eigenvalue weighted by molar-refractivity contribution is 5.99. The Morgan fingerprint density at radius 1 is 1.04 bits per heavy atom. The lowest BCUT2D eigenvalue weighted by Crippen LogP contribution is -2.30. The van der Waals surface area contributed by atoms with Gasteiger partial charge >= 0.3 is 0 Å². The summed E-state index contributed by atoms with van der Waals surface area (Å²) in [5, 5.41) is 2.86. The molecule has 1 aliphatic heterocycles. The number of amides is 2. The molecule has 2 unspecified atom stereocenters. The number of anilines is 1. The maximum absolute atomic E-state index is 12.8. The van der Waals surface area contributed by atoms with Gasteiger partial charge in [-0.25, -0.2) is 0 Å². The number of Topliss-reactive ketones (excluding diaryl/α,β-unsaturated/α-hetero) is 1. The fourth-order valence-electron chi connectivity index (χ4n) is 3.23. The molecule has 5 nitrogen and oxygen atoms in total. The van der Waals surface area contributed by atoms with Crippen molar-refractivity contribution in [2.24, 2.45) is 5.92 Å². The molecule has 3 rings (SSSR count). The highest BCUT2D eigenvalue weighted by Crippen LogP contribution is 2.37. The summed E-state index contributed by atoms with van der Waals surface area (Å²) in [6, 6.07) is 16.1. The molecule has 1 saturated heterocycles. The van der Waals surface area contributed by atoms with Crippen LogP contribution in [0.25, 0.3) is 0 Å². The Balaban J connectivity index is 1.80. The van der Waals surface area contributed by atoms with Gasteiger partial charge in [0.15, 0.2) is 5.78 Å². The van der Waals surface area contributed by atoms with Crippen LogP contribution in [-0.2, 0) is 9.59 Å². The molecule has 0 radical (unpaired) electrons. The standard InChI is InChI=1S/C20H20N2O3/c1-13(23)14-8-10-16(11-9-14)21-20(25)17-12-18(24)22(2)19(17)15-6-4-3-5-7-15/h3-11,17,19H,12H2,1-2H3,(H,21,25). The van der Waals surface area contributed by atoms with Crippen molar-refractivity contribution >= 4 is 23.3 Å². The van der Waals surface area contributed by atoms with Crippen LogP contribution in [0.3, 0.4) is 0 Å². The van der Waals surface area contributed by atoms with Gasteiger partial charge in [-0.2, -0.15) is 0 Å². The molecule has 2 aromatic carbocycles. The third kappa shape index (κ3) is 3.45. The number of rotatable bonds is 4. The predicted octanol–water partition coefficient (Wildman–Crippen LogP) is 3.05. The highest BCUT2D eigenvalue weighted by Gasteiger charge is 2.42. The Bertz CT molecular complexity index is 799. The van der Waals surface area contributed by atoms with E-state index in [1.54, 1.807) is 36.2 Å². The van der Waals surface area contributed by atoms with Crippen molar-refractivity contribution in [2.75, 3.05) is 12.4 Å². The van der Waals surface area contributed by atoms with Crippen molar-refractivity contribution in [3.8, 4) is 0 Å². The summed E-state index contributed by atoms with van der Waals surface area (Å²) in [5.41, 5.74) is 2.16. The lowest BCUT2D eigenvalue weighted by molar-refractivity contribution is -0.127. The number of hydrogen-bond donors (Lipinski definition) is 1. The number of nitrogens with zero attached hydrogens (tertiary/aromatic N) is 1. The Kier molecular flexibility index (Phi) is 4.65. The van der Waals surface area contributed by atoms with E-state index in [1.807, 2.05) is 30.3 Å². The van der Waals surface area contributed by atoms with Gasteiger partial charge in [0.2, 0.25) is 11.8 Å². The molecule has 1 aliphatic rings. The Morgan fingerprint density at radius 2 is 1.68 bits per heavy atom. The normalized spacial score (nSPS) is 19.8. The molecule has 1 N–H and O–H groups in total. The second-order valence-corrected chi connectivity index (χ2v) is 6.29. The van der Waals surface area contributed by atoms with Gasteiger partial charge in [-0.05, 0) is 36.8 Å². The number of hydrogen-bond acceptors (Lipinski definition) is 3. The van der Waals surface area contributed by atoms with Crippen molar-refractivity contribution in [2.45, 2.75) is 19.4 Å². The Morgan fingerprint density at radius 3 is 2.28 bits per heavy atom. The zero-order valence-electron chi connectivity index (χ0n) is 14.2. The molecule has 0 saturated carbocycles. The second-order valence-electron chi connectivity index (χ2n) is 6.29. The first kappa shape index (κ1) is 16.9. The van der Waals surface area contributed by atoms with Crippen molar-refractivity contribution in [1.29, 1.82) is 0 Å². The molecule has 25 heavy (non-hydrogen) atoms. The van der Waals surface area contributed by atoms with Crippen molar-refractivity contribution in [1.82, 2.24) is 4.90 Å². The molecule has 2 aromatic rings. The number of carbonyl (C=O) groups excluding carboxylic acids is 3. The summed E-state index contributed by atoms with van der Waals surface area (Å²) in [5.74, 6) is -0.708. The highest BCUT2D eigenvalue weighted by atomic mass is 16.2. The third-order valence-corrected chi connectivity index (χ3v) is 4.62. The lowest BCUT2D eigenvalue weighted by Gasteiger charge is -2.25. The molecule has 2 atom stereocenters.